The molecule has 0 fully saturated rings. The third-order valence-corrected chi connectivity index (χ3v) is 2.75. The molecule has 0 saturated heterocycles. The number of benzene rings is 1. The molecule has 1 rings (SSSR count). The lowest BCUT2D eigenvalue weighted by atomic mass is 10.0. The first-order valence-electron chi connectivity index (χ1n) is 6.16. The zero-order chi connectivity index (χ0) is 13.6. The minimum absolute atomic E-state index is 0.103. The summed E-state index contributed by atoms with van der Waals surface area (Å²) in [7, 11) is 0. The minimum Gasteiger partial charge on any atom is -0.491 e. The second-order valence-electron chi connectivity index (χ2n) is 4.67. The third-order valence-electron chi connectivity index (χ3n) is 2.75. The van der Waals surface area contributed by atoms with Crippen LogP contribution in [0.15, 0.2) is 24.3 Å². The highest BCUT2D eigenvalue weighted by Gasteiger charge is 2.33. The Morgan fingerprint density at radius 2 is 2.22 bits per heavy atom. The Morgan fingerprint density at radius 1 is 1.50 bits per heavy atom. The molecule has 0 heterocycles. The number of aliphatic carboxylic acids is 1. The number of carboxylic acid groups (broad SMARTS) is 1. The summed E-state index contributed by atoms with van der Waals surface area (Å²) in [5.74, 6) is -0.204. The number of hydrogen-bond acceptors (Lipinski definition) is 3. The van der Waals surface area contributed by atoms with Gasteiger partial charge in [0.15, 0.2) is 0 Å². The molecule has 4 heteroatoms. The fourth-order valence-corrected chi connectivity index (χ4v) is 1.52. The van der Waals surface area contributed by atoms with Crippen molar-refractivity contribution in [2.24, 2.45) is 0 Å². The molecule has 0 amide bonds. The molecule has 0 aromatic heterocycles. The summed E-state index contributed by atoms with van der Waals surface area (Å²) in [6.45, 7) is 6.36. The SMILES string of the molecule is CCCNC(C)(COc1cccc(C)c1)C(=O)O. The summed E-state index contributed by atoms with van der Waals surface area (Å²) in [6.07, 6.45) is 0.882. The van der Waals surface area contributed by atoms with E-state index in [9.17, 15) is 9.90 Å². The van der Waals surface area contributed by atoms with E-state index in [1.807, 2.05) is 38.1 Å². The number of ether oxygens (including phenoxy) is 1. The van der Waals surface area contributed by atoms with Crippen molar-refractivity contribution in [2.75, 3.05) is 13.2 Å². The standard InChI is InChI=1S/C14H21NO3/c1-4-8-15-14(3,13(16)17)10-18-12-7-5-6-11(2)9-12/h5-7,9,15H,4,8,10H2,1-3H3,(H,16,17). The highest BCUT2D eigenvalue weighted by molar-refractivity contribution is 5.78. The van der Waals surface area contributed by atoms with E-state index in [1.54, 1.807) is 6.92 Å². The maximum atomic E-state index is 11.3. The van der Waals surface area contributed by atoms with Gasteiger partial charge in [0, 0.05) is 0 Å². The topological polar surface area (TPSA) is 58.6 Å². The molecule has 100 valence electrons. The first kappa shape index (κ1) is 14.5. The second kappa shape index (κ2) is 6.40. The Morgan fingerprint density at radius 3 is 2.78 bits per heavy atom. The number of carboxylic acids is 1. The molecule has 0 aliphatic heterocycles. The summed E-state index contributed by atoms with van der Waals surface area (Å²) in [4.78, 5) is 11.3. The van der Waals surface area contributed by atoms with E-state index in [1.165, 1.54) is 0 Å². The molecule has 0 bridgehead atoms. The van der Waals surface area contributed by atoms with Gasteiger partial charge in [-0.1, -0.05) is 19.1 Å². The highest BCUT2D eigenvalue weighted by Crippen LogP contribution is 2.15. The fraction of sp³-hybridized carbons (Fsp3) is 0.500. The van der Waals surface area contributed by atoms with E-state index in [4.69, 9.17) is 4.74 Å². The smallest absolute Gasteiger partial charge is 0.327 e. The molecule has 1 aromatic carbocycles. The Hall–Kier alpha value is -1.55. The zero-order valence-electron chi connectivity index (χ0n) is 11.2. The molecule has 1 atom stereocenters. The Bertz CT molecular complexity index is 406. The minimum atomic E-state index is -1.06. The van der Waals surface area contributed by atoms with Gasteiger partial charge in [0.2, 0.25) is 0 Å². The van der Waals surface area contributed by atoms with Crippen molar-refractivity contribution in [3.8, 4) is 5.75 Å². The number of hydrogen-bond donors (Lipinski definition) is 2. The van der Waals surface area contributed by atoms with Gasteiger partial charge in [0.05, 0.1) is 0 Å². The van der Waals surface area contributed by atoms with Gasteiger partial charge in [-0.2, -0.15) is 0 Å². The van der Waals surface area contributed by atoms with Crippen molar-refractivity contribution >= 4 is 5.97 Å². The number of aryl methyl sites for hydroxylation is 1. The van der Waals surface area contributed by atoms with Gasteiger partial charge in [-0.05, 0) is 44.5 Å². The van der Waals surface area contributed by atoms with Gasteiger partial charge < -0.3 is 9.84 Å². The molecule has 0 aliphatic rings. The molecule has 1 aromatic rings. The van der Waals surface area contributed by atoms with E-state index in [2.05, 4.69) is 5.32 Å². The van der Waals surface area contributed by atoms with E-state index in [-0.39, 0.29) is 6.61 Å². The number of rotatable bonds is 7. The average Bonchev–Trinajstić information content (AvgIpc) is 2.34. The molecule has 0 spiro atoms. The Kier molecular flexibility index (Phi) is 5.16. The molecule has 4 nitrogen and oxygen atoms in total. The lowest BCUT2D eigenvalue weighted by molar-refractivity contribution is -0.145. The van der Waals surface area contributed by atoms with E-state index < -0.39 is 11.5 Å². The molecule has 0 radical (unpaired) electrons. The van der Waals surface area contributed by atoms with E-state index in [0.717, 1.165) is 12.0 Å². The molecule has 2 N–H and O–H groups in total. The van der Waals surface area contributed by atoms with Gasteiger partial charge in [-0.3, -0.25) is 10.1 Å². The predicted octanol–water partition coefficient (Wildman–Crippen LogP) is 2.22. The van der Waals surface area contributed by atoms with Crippen LogP contribution < -0.4 is 10.1 Å². The van der Waals surface area contributed by atoms with Gasteiger partial charge in [-0.25, -0.2) is 0 Å². The van der Waals surface area contributed by atoms with E-state index in [0.29, 0.717) is 12.3 Å². The maximum Gasteiger partial charge on any atom is 0.327 e. The molecule has 1 unspecified atom stereocenters. The lowest BCUT2D eigenvalue weighted by Gasteiger charge is -2.26. The van der Waals surface area contributed by atoms with Crippen LogP contribution in [0.4, 0.5) is 0 Å². The zero-order valence-corrected chi connectivity index (χ0v) is 11.2. The largest absolute Gasteiger partial charge is 0.491 e. The van der Waals surface area contributed by atoms with Gasteiger partial charge in [-0.15, -0.1) is 0 Å². The van der Waals surface area contributed by atoms with Crippen LogP contribution in [0.25, 0.3) is 0 Å². The van der Waals surface area contributed by atoms with Crippen LogP contribution >= 0.6 is 0 Å². The fourth-order valence-electron chi connectivity index (χ4n) is 1.52. The van der Waals surface area contributed by atoms with Gasteiger partial charge in [0.25, 0.3) is 0 Å². The predicted molar refractivity (Wildman–Crippen MR) is 71.0 cm³/mol. The average molecular weight is 251 g/mol. The molecular weight excluding hydrogens is 230 g/mol. The van der Waals surface area contributed by atoms with Crippen LogP contribution in [0.2, 0.25) is 0 Å². The summed E-state index contributed by atoms with van der Waals surface area (Å²) >= 11 is 0. The molecule has 0 saturated carbocycles. The third kappa shape index (κ3) is 4.04. The Balaban J connectivity index is 2.65. The van der Waals surface area contributed by atoms with Crippen LogP contribution in [-0.4, -0.2) is 29.8 Å². The van der Waals surface area contributed by atoms with Crippen LogP contribution in [0.3, 0.4) is 0 Å². The molecule has 0 aliphatic carbocycles. The first-order valence-corrected chi connectivity index (χ1v) is 6.16. The van der Waals surface area contributed by atoms with Crippen LogP contribution in [0, 0.1) is 6.92 Å². The lowest BCUT2D eigenvalue weighted by Crippen LogP contribution is -2.54. The summed E-state index contributed by atoms with van der Waals surface area (Å²) in [5, 5.41) is 12.3. The van der Waals surface area contributed by atoms with Gasteiger partial charge >= 0.3 is 5.97 Å². The van der Waals surface area contributed by atoms with Crippen molar-refractivity contribution in [3.05, 3.63) is 29.8 Å². The Labute approximate surface area is 108 Å². The maximum absolute atomic E-state index is 11.3. The van der Waals surface area contributed by atoms with Crippen molar-refractivity contribution < 1.29 is 14.6 Å². The summed E-state index contributed by atoms with van der Waals surface area (Å²) < 4.78 is 5.57. The summed E-state index contributed by atoms with van der Waals surface area (Å²) in [6, 6.07) is 7.58. The quantitative estimate of drug-likeness (QED) is 0.780. The number of carbonyl (C=O) groups is 1. The second-order valence-corrected chi connectivity index (χ2v) is 4.67. The van der Waals surface area contributed by atoms with Crippen molar-refractivity contribution in [1.29, 1.82) is 0 Å². The molecular formula is C14H21NO3. The highest BCUT2D eigenvalue weighted by atomic mass is 16.5. The molecule has 18 heavy (non-hydrogen) atoms. The van der Waals surface area contributed by atoms with Gasteiger partial charge in [0.1, 0.15) is 17.9 Å². The van der Waals surface area contributed by atoms with Crippen molar-refractivity contribution in [3.63, 3.8) is 0 Å². The van der Waals surface area contributed by atoms with Crippen molar-refractivity contribution in [2.45, 2.75) is 32.7 Å². The van der Waals surface area contributed by atoms with E-state index >= 15 is 0 Å². The monoisotopic (exact) mass is 251 g/mol. The summed E-state index contributed by atoms with van der Waals surface area (Å²) in [5.41, 5.74) is 0.0331. The van der Waals surface area contributed by atoms with Crippen LogP contribution in [-0.2, 0) is 4.79 Å². The number of nitrogens with one attached hydrogen (secondary N) is 1. The normalized spacial score (nSPS) is 13.9. The van der Waals surface area contributed by atoms with Crippen LogP contribution in [0.5, 0.6) is 5.75 Å². The van der Waals surface area contributed by atoms with Crippen molar-refractivity contribution in [1.82, 2.24) is 5.32 Å². The first-order chi connectivity index (χ1) is 8.48. The van der Waals surface area contributed by atoms with Crippen LogP contribution in [0.1, 0.15) is 25.8 Å².